The number of β-lactam (4-membered cyclic amide) rings is 1. The summed E-state index contributed by atoms with van der Waals surface area (Å²) in [6.45, 7) is 1.85. The number of carboxylic acid groups (broad SMARTS) is 1. The van der Waals surface area contributed by atoms with E-state index in [1.165, 1.54) is 40.5 Å². The van der Waals surface area contributed by atoms with E-state index in [1.54, 1.807) is 23.1 Å². The Morgan fingerprint density at radius 1 is 1.35 bits per heavy atom. The van der Waals surface area contributed by atoms with Gasteiger partial charge >= 0.3 is 29.6 Å². The van der Waals surface area contributed by atoms with Crippen LogP contribution in [0.3, 0.4) is 0 Å². The summed E-state index contributed by atoms with van der Waals surface area (Å²) in [6.07, 6.45) is 3.39. The average molecular weight is 529 g/mol. The fourth-order valence-electron chi connectivity index (χ4n) is 3.34. The Morgan fingerprint density at radius 3 is 2.71 bits per heavy atom. The van der Waals surface area contributed by atoms with Crippen LogP contribution in [-0.4, -0.2) is 62.9 Å². The number of nitrogen functional groups attached to an aromatic ring is 1. The van der Waals surface area contributed by atoms with Gasteiger partial charge in [0.2, 0.25) is 5.91 Å². The predicted molar refractivity (Wildman–Crippen MR) is 123 cm³/mol. The minimum Gasteiger partial charge on any atom is -0.548 e. The van der Waals surface area contributed by atoms with Crippen molar-refractivity contribution in [3.05, 3.63) is 44.2 Å². The average Bonchev–Trinajstić information content (AvgIpc) is 3.40. The van der Waals surface area contributed by atoms with Crippen LogP contribution in [0.4, 0.5) is 5.13 Å². The van der Waals surface area contributed by atoms with E-state index in [-0.39, 0.29) is 46.1 Å². The van der Waals surface area contributed by atoms with Crippen LogP contribution in [0.1, 0.15) is 16.3 Å². The van der Waals surface area contributed by atoms with Gasteiger partial charge in [-0.15, -0.1) is 34.4 Å². The van der Waals surface area contributed by atoms with Gasteiger partial charge in [0, 0.05) is 10.3 Å². The number of carbonyl (C=O) groups excluding carboxylic acids is 3. The first kappa shape index (κ1) is 26.4. The first-order valence-corrected chi connectivity index (χ1v) is 12.1. The van der Waals surface area contributed by atoms with E-state index in [4.69, 9.17) is 10.6 Å². The van der Waals surface area contributed by atoms with Crippen LogP contribution in [0.25, 0.3) is 6.08 Å². The zero-order chi connectivity index (χ0) is 23.7. The zero-order valence-corrected chi connectivity index (χ0v) is 22.7. The first-order valence-electron chi connectivity index (χ1n) is 9.42. The molecule has 2 aliphatic heterocycles. The van der Waals surface area contributed by atoms with Gasteiger partial charge in [0.25, 0.3) is 5.91 Å². The molecule has 0 aromatic carbocycles. The number of nitrogens with two attached hydrogens (primary N) is 1. The Kier molecular flexibility index (Phi) is 8.54. The number of aliphatic carboxylic acids is 1. The molecule has 0 saturated carbocycles. The van der Waals surface area contributed by atoms with Crippen molar-refractivity contribution < 1.29 is 53.9 Å². The monoisotopic (exact) mass is 528 g/mol. The third-order valence-corrected chi connectivity index (χ3v) is 7.66. The van der Waals surface area contributed by atoms with Crippen molar-refractivity contribution in [2.75, 3.05) is 12.8 Å². The Labute approximate surface area is 228 Å². The summed E-state index contributed by atoms with van der Waals surface area (Å²) >= 11 is 3.77. The number of carbonyl (C=O) groups is 3. The maximum Gasteiger partial charge on any atom is 1.00 e. The number of rotatable bonds is 7. The number of thiazole rings is 2. The van der Waals surface area contributed by atoms with Gasteiger partial charge in [-0.25, -0.2) is 9.97 Å². The summed E-state index contributed by atoms with van der Waals surface area (Å²) < 4.78 is 0. The molecular weight excluding hydrogens is 511 g/mol. The number of hydrogen-bond donors (Lipinski definition) is 2. The van der Waals surface area contributed by atoms with Gasteiger partial charge in [-0.2, -0.15) is 0 Å². The maximum absolute atomic E-state index is 12.8. The number of nitrogens with one attached hydrogen (secondary N) is 1. The van der Waals surface area contributed by atoms with Gasteiger partial charge in [-0.3, -0.25) is 9.59 Å². The SMILES string of the molecule is CO/N=C(\C(=O)N[C@@H]1C(=O)N2C(C(=O)[O-])C(/C=C/c3scnc3C)=CS[C@H]12)c1csc(N)n1.[Na+]. The standard InChI is InChI=1S/C19H18N6O5S3.Na/c1-8-11(33-7-21-8)4-3-9-5-31-17-13(16(27)25(17)14(9)18(28)29)23-15(26)12(24-30-2)10-6-32-19(20)22-10;/h3-7,13-14,17H,1-2H3,(H2,20,22)(H,23,26)(H,28,29);/q;+1/p-1/b4-3+,24-12-;/t13-,14?,17-;/m1./s1. The van der Waals surface area contributed by atoms with Gasteiger partial charge in [0.15, 0.2) is 10.8 Å². The van der Waals surface area contributed by atoms with Crippen LogP contribution in [0.2, 0.25) is 0 Å². The third-order valence-electron chi connectivity index (χ3n) is 4.90. The molecule has 4 rings (SSSR count). The van der Waals surface area contributed by atoms with Crippen molar-refractivity contribution in [2.45, 2.75) is 24.4 Å². The van der Waals surface area contributed by atoms with E-state index in [1.807, 2.05) is 6.92 Å². The molecule has 1 saturated heterocycles. The molecule has 172 valence electrons. The summed E-state index contributed by atoms with van der Waals surface area (Å²) in [6, 6.07) is -2.22. The number of fused-ring (bicyclic) bond motifs is 1. The quantitative estimate of drug-likeness (QED) is 0.165. The van der Waals surface area contributed by atoms with E-state index < -0.39 is 35.2 Å². The summed E-state index contributed by atoms with van der Waals surface area (Å²) in [7, 11) is 1.27. The number of anilines is 1. The molecule has 2 aromatic heterocycles. The number of nitrogens with zero attached hydrogens (tertiary/aromatic N) is 4. The molecular formula is C19H17N6NaO5S3. The summed E-state index contributed by atoms with van der Waals surface area (Å²) in [5.74, 6) is -2.64. The maximum atomic E-state index is 12.8. The molecule has 15 heteroatoms. The number of thioether (sulfide) groups is 1. The fourth-order valence-corrected chi connectivity index (χ4v) is 5.78. The van der Waals surface area contributed by atoms with E-state index >= 15 is 0 Å². The van der Waals surface area contributed by atoms with E-state index in [0.29, 0.717) is 5.57 Å². The van der Waals surface area contributed by atoms with Crippen molar-refractivity contribution in [3.8, 4) is 0 Å². The van der Waals surface area contributed by atoms with Gasteiger partial charge < -0.3 is 30.7 Å². The molecule has 2 aromatic rings. The van der Waals surface area contributed by atoms with E-state index in [0.717, 1.165) is 21.9 Å². The predicted octanol–water partition coefficient (Wildman–Crippen LogP) is -3.04. The van der Waals surface area contributed by atoms with Crippen molar-refractivity contribution >= 4 is 69.1 Å². The second kappa shape index (κ2) is 11.0. The minimum absolute atomic E-state index is 0. The van der Waals surface area contributed by atoms with Crippen molar-refractivity contribution in [3.63, 3.8) is 0 Å². The Balaban J connectivity index is 0.00000324. The van der Waals surface area contributed by atoms with Crippen LogP contribution in [0.15, 0.2) is 33.1 Å². The van der Waals surface area contributed by atoms with E-state index in [2.05, 4.69) is 20.4 Å². The molecule has 34 heavy (non-hydrogen) atoms. The molecule has 3 atom stereocenters. The number of amides is 2. The zero-order valence-electron chi connectivity index (χ0n) is 18.3. The van der Waals surface area contributed by atoms with Crippen LogP contribution in [0, 0.1) is 6.92 Å². The summed E-state index contributed by atoms with van der Waals surface area (Å²) in [5, 5.41) is 21.0. The van der Waals surface area contributed by atoms with E-state index in [9.17, 15) is 19.5 Å². The molecule has 11 nitrogen and oxygen atoms in total. The third kappa shape index (κ3) is 5.06. The summed E-state index contributed by atoms with van der Waals surface area (Å²) in [5.41, 5.74) is 8.60. The fraction of sp³-hybridized carbons (Fsp3) is 0.263. The van der Waals surface area contributed by atoms with Gasteiger partial charge in [0.1, 0.15) is 24.2 Å². The number of carboxylic acids is 1. The molecule has 0 bridgehead atoms. The molecule has 4 heterocycles. The van der Waals surface area contributed by atoms with Crippen LogP contribution in [-0.2, 0) is 19.2 Å². The Hall–Kier alpha value is -2.23. The van der Waals surface area contributed by atoms with Crippen molar-refractivity contribution in [1.82, 2.24) is 20.2 Å². The van der Waals surface area contributed by atoms with Gasteiger partial charge in [-0.1, -0.05) is 11.2 Å². The summed E-state index contributed by atoms with van der Waals surface area (Å²) in [4.78, 5) is 52.5. The number of aryl methyl sites for hydroxylation is 1. The van der Waals surface area contributed by atoms with Crippen LogP contribution >= 0.6 is 34.4 Å². The topological polar surface area (TPSA) is 163 Å². The molecule has 3 N–H and O–H groups in total. The number of aromatic nitrogens is 2. The largest absolute Gasteiger partial charge is 1.00 e. The van der Waals surface area contributed by atoms with Crippen LogP contribution < -0.4 is 45.7 Å². The number of hydrogen-bond acceptors (Lipinski definition) is 12. The molecule has 2 amide bonds. The van der Waals surface area contributed by atoms with Crippen LogP contribution in [0.5, 0.6) is 0 Å². The normalized spacial score (nSPS) is 21.9. The molecule has 1 unspecified atom stereocenters. The number of oxime groups is 1. The molecule has 0 aliphatic carbocycles. The Morgan fingerprint density at radius 2 is 2.12 bits per heavy atom. The Bertz CT molecular complexity index is 1210. The van der Waals surface area contributed by atoms with Gasteiger partial charge in [-0.05, 0) is 24.0 Å². The minimum atomic E-state index is -1.41. The molecule has 0 radical (unpaired) electrons. The second-order valence-corrected chi connectivity index (χ2v) is 9.66. The van der Waals surface area contributed by atoms with Crippen molar-refractivity contribution in [2.24, 2.45) is 5.16 Å². The second-order valence-electron chi connectivity index (χ2n) is 6.89. The molecule has 2 aliphatic rings. The molecule has 1 fully saturated rings. The smallest absolute Gasteiger partial charge is 0.548 e. The first-order chi connectivity index (χ1) is 15.8. The molecule has 0 spiro atoms. The van der Waals surface area contributed by atoms with Gasteiger partial charge in [0.05, 0.1) is 23.2 Å². The van der Waals surface area contributed by atoms with Crippen molar-refractivity contribution in [1.29, 1.82) is 0 Å².